The summed E-state index contributed by atoms with van der Waals surface area (Å²) in [6.07, 6.45) is 5.00. The van der Waals surface area contributed by atoms with E-state index in [0.717, 1.165) is 23.5 Å². The third-order valence-corrected chi connectivity index (χ3v) is 3.93. The van der Waals surface area contributed by atoms with Gasteiger partial charge in [0.05, 0.1) is 0 Å². The van der Waals surface area contributed by atoms with Crippen LogP contribution < -0.4 is 0 Å². The van der Waals surface area contributed by atoms with Gasteiger partial charge in [-0.2, -0.15) is 0 Å². The van der Waals surface area contributed by atoms with Crippen LogP contribution in [0.25, 0.3) is 0 Å². The Hall–Kier alpha value is -1.26. The molecule has 0 saturated heterocycles. The van der Waals surface area contributed by atoms with E-state index in [4.69, 9.17) is 0 Å². The molecule has 0 aliphatic heterocycles. The molecular formula is C12H12N2OS. The highest BCUT2D eigenvalue weighted by molar-refractivity contribution is 7.09. The van der Waals surface area contributed by atoms with E-state index in [1.807, 2.05) is 11.4 Å². The lowest BCUT2D eigenvalue weighted by Crippen LogP contribution is -2.09. The molecule has 1 N–H and O–H groups in total. The summed E-state index contributed by atoms with van der Waals surface area (Å²) in [6.45, 7) is 0. The Bertz CT molecular complexity index is 484. The zero-order chi connectivity index (χ0) is 11.0. The van der Waals surface area contributed by atoms with Crippen LogP contribution in [0.5, 0.6) is 0 Å². The number of thiazole rings is 1. The minimum Gasteiger partial charge on any atom is -0.385 e. The van der Waals surface area contributed by atoms with Crippen molar-refractivity contribution < 1.29 is 5.11 Å². The van der Waals surface area contributed by atoms with Crippen molar-refractivity contribution in [2.75, 3.05) is 0 Å². The van der Waals surface area contributed by atoms with E-state index < -0.39 is 6.10 Å². The van der Waals surface area contributed by atoms with Crippen molar-refractivity contribution in [3.05, 3.63) is 46.2 Å². The molecule has 0 radical (unpaired) electrons. The topological polar surface area (TPSA) is 46.0 Å². The summed E-state index contributed by atoms with van der Waals surface area (Å²) >= 11 is 1.50. The molecule has 0 saturated carbocycles. The molecule has 0 spiro atoms. The van der Waals surface area contributed by atoms with E-state index in [-0.39, 0.29) is 5.92 Å². The number of aliphatic hydroxyl groups excluding tert-OH is 1. The molecule has 16 heavy (non-hydrogen) atoms. The second-order valence-electron chi connectivity index (χ2n) is 4.01. The number of hydrogen-bond donors (Lipinski definition) is 1. The average Bonchev–Trinajstić information content (AvgIpc) is 2.98. The normalized spacial score (nSPS) is 20.7. The Morgan fingerprint density at radius 1 is 1.38 bits per heavy atom. The Kier molecular flexibility index (Phi) is 2.46. The molecule has 0 amide bonds. The van der Waals surface area contributed by atoms with Crippen LogP contribution in [0.3, 0.4) is 0 Å². The van der Waals surface area contributed by atoms with Crippen molar-refractivity contribution in [1.82, 2.24) is 9.97 Å². The van der Waals surface area contributed by atoms with Gasteiger partial charge in [-0.25, -0.2) is 4.98 Å². The molecular weight excluding hydrogens is 220 g/mol. The number of rotatable bonds is 2. The number of aliphatic hydroxyl groups is 1. The SMILES string of the molecule is OC(c1nccs1)C1CCc2cccnc21. The van der Waals surface area contributed by atoms with Crippen LogP contribution in [-0.2, 0) is 6.42 Å². The highest BCUT2D eigenvalue weighted by atomic mass is 32.1. The smallest absolute Gasteiger partial charge is 0.122 e. The highest BCUT2D eigenvalue weighted by Gasteiger charge is 2.31. The number of pyridine rings is 1. The number of aromatic nitrogens is 2. The van der Waals surface area contributed by atoms with E-state index in [2.05, 4.69) is 16.0 Å². The van der Waals surface area contributed by atoms with Crippen LogP contribution in [0.4, 0.5) is 0 Å². The van der Waals surface area contributed by atoms with E-state index in [1.165, 1.54) is 16.9 Å². The van der Waals surface area contributed by atoms with Crippen molar-refractivity contribution in [2.45, 2.75) is 24.9 Å². The van der Waals surface area contributed by atoms with E-state index in [0.29, 0.717) is 0 Å². The van der Waals surface area contributed by atoms with E-state index in [1.54, 1.807) is 12.4 Å². The lowest BCUT2D eigenvalue weighted by Gasteiger charge is -2.15. The van der Waals surface area contributed by atoms with Gasteiger partial charge in [-0.3, -0.25) is 4.98 Å². The average molecular weight is 232 g/mol. The van der Waals surface area contributed by atoms with Gasteiger partial charge in [0.25, 0.3) is 0 Å². The summed E-state index contributed by atoms with van der Waals surface area (Å²) in [5.41, 5.74) is 2.31. The molecule has 2 aromatic rings. The van der Waals surface area contributed by atoms with Crippen molar-refractivity contribution in [3.8, 4) is 0 Å². The molecule has 0 fully saturated rings. The maximum absolute atomic E-state index is 10.3. The molecule has 1 aliphatic carbocycles. The predicted molar refractivity (Wildman–Crippen MR) is 62.4 cm³/mol. The highest BCUT2D eigenvalue weighted by Crippen LogP contribution is 2.40. The van der Waals surface area contributed by atoms with Crippen LogP contribution in [0, 0.1) is 0 Å². The van der Waals surface area contributed by atoms with Crippen LogP contribution >= 0.6 is 11.3 Å². The Labute approximate surface area is 97.8 Å². The Balaban J connectivity index is 1.93. The third-order valence-electron chi connectivity index (χ3n) is 3.09. The largest absolute Gasteiger partial charge is 0.385 e. The molecule has 1 aliphatic rings. The fraction of sp³-hybridized carbons (Fsp3) is 0.333. The first-order chi connectivity index (χ1) is 7.86. The predicted octanol–water partition coefficient (Wildman–Crippen LogP) is 2.30. The van der Waals surface area contributed by atoms with Crippen LogP contribution in [0.1, 0.15) is 34.7 Å². The molecule has 3 rings (SSSR count). The van der Waals surface area contributed by atoms with E-state index in [9.17, 15) is 5.11 Å². The summed E-state index contributed by atoms with van der Waals surface area (Å²) < 4.78 is 0. The van der Waals surface area contributed by atoms with Gasteiger partial charge in [0, 0.05) is 29.4 Å². The Morgan fingerprint density at radius 2 is 2.31 bits per heavy atom. The lowest BCUT2D eigenvalue weighted by molar-refractivity contribution is 0.143. The first kappa shape index (κ1) is 9.93. The standard InChI is InChI=1S/C12H12N2OS/c15-11(12-14-6-7-16-12)9-4-3-8-2-1-5-13-10(8)9/h1-2,5-7,9,11,15H,3-4H2. The second kappa shape index (κ2) is 3.96. The van der Waals surface area contributed by atoms with Gasteiger partial charge in [0.15, 0.2) is 0 Å². The zero-order valence-electron chi connectivity index (χ0n) is 8.71. The summed E-state index contributed by atoms with van der Waals surface area (Å²) in [6, 6.07) is 4.05. The minimum absolute atomic E-state index is 0.113. The van der Waals surface area contributed by atoms with Gasteiger partial charge >= 0.3 is 0 Å². The summed E-state index contributed by atoms with van der Waals surface area (Å²) in [5, 5.41) is 13.0. The summed E-state index contributed by atoms with van der Waals surface area (Å²) in [7, 11) is 0. The van der Waals surface area contributed by atoms with Crippen molar-refractivity contribution in [1.29, 1.82) is 0 Å². The van der Waals surface area contributed by atoms with Crippen molar-refractivity contribution in [2.24, 2.45) is 0 Å². The molecule has 2 aromatic heterocycles. The quantitative estimate of drug-likeness (QED) is 0.864. The number of aryl methyl sites for hydroxylation is 1. The van der Waals surface area contributed by atoms with Gasteiger partial charge in [0.2, 0.25) is 0 Å². The van der Waals surface area contributed by atoms with Gasteiger partial charge < -0.3 is 5.11 Å². The molecule has 82 valence electrons. The summed E-state index contributed by atoms with van der Waals surface area (Å²) in [4.78, 5) is 8.56. The van der Waals surface area contributed by atoms with Crippen LogP contribution in [-0.4, -0.2) is 15.1 Å². The fourth-order valence-corrected chi connectivity index (χ4v) is 2.99. The fourth-order valence-electron chi connectivity index (χ4n) is 2.30. The maximum atomic E-state index is 10.3. The van der Waals surface area contributed by atoms with Crippen LogP contribution in [0.15, 0.2) is 29.9 Å². The first-order valence-corrected chi connectivity index (χ1v) is 6.25. The van der Waals surface area contributed by atoms with Crippen LogP contribution in [0.2, 0.25) is 0 Å². The first-order valence-electron chi connectivity index (χ1n) is 5.37. The molecule has 2 atom stereocenters. The molecule has 2 unspecified atom stereocenters. The van der Waals surface area contributed by atoms with Gasteiger partial charge in [-0.05, 0) is 24.5 Å². The third kappa shape index (κ3) is 1.54. The number of hydrogen-bond acceptors (Lipinski definition) is 4. The van der Waals surface area contributed by atoms with E-state index >= 15 is 0 Å². The molecule has 2 heterocycles. The minimum atomic E-state index is -0.504. The van der Waals surface area contributed by atoms with Crippen molar-refractivity contribution >= 4 is 11.3 Å². The molecule has 0 aromatic carbocycles. The number of fused-ring (bicyclic) bond motifs is 1. The lowest BCUT2D eigenvalue weighted by atomic mass is 10.00. The van der Waals surface area contributed by atoms with Crippen molar-refractivity contribution in [3.63, 3.8) is 0 Å². The molecule has 4 heteroatoms. The monoisotopic (exact) mass is 232 g/mol. The van der Waals surface area contributed by atoms with Gasteiger partial charge in [-0.15, -0.1) is 11.3 Å². The Morgan fingerprint density at radius 3 is 3.12 bits per heavy atom. The second-order valence-corrected chi connectivity index (χ2v) is 4.93. The van der Waals surface area contributed by atoms with Gasteiger partial charge in [-0.1, -0.05) is 6.07 Å². The van der Waals surface area contributed by atoms with Gasteiger partial charge in [0.1, 0.15) is 11.1 Å². The molecule has 0 bridgehead atoms. The maximum Gasteiger partial charge on any atom is 0.122 e. The summed E-state index contributed by atoms with van der Waals surface area (Å²) in [5.74, 6) is 0.113. The number of nitrogens with zero attached hydrogens (tertiary/aromatic N) is 2. The zero-order valence-corrected chi connectivity index (χ0v) is 9.52. The molecule has 3 nitrogen and oxygen atoms in total.